The lowest BCUT2D eigenvalue weighted by molar-refractivity contribution is -0.480. The Hall–Kier alpha value is -0.850. The number of rotatable bonds is 12. The Balaban J connectivity index is 2.98. The third-order valence-corrected chi connectivity index (χ3v) is 3.41. The first-order valence-corrected chi connectivity index (χ1v) is 7.09. The lowest BCUT2D eigenvalue weighted by Crippen LogP contribution is -2.00. The number of nitrogens with zero attached hydrogens (tertiary/aromatic N) is 2. The maximum Gasteiger partial charge on any atom is 0.203 e. The van der Waals surface area contributed by atoms with Crippen LogP contribution in [0.4, 0.5) is 0 Å². The minimum Gasteiger partial charge on any atom is -0.265 e. The molecule has 0 atom stereocenters. The van der Waals surface area contributed by atoms with Crippen molar-refractivity contribution in [1.82, 2.24) is 0 Å². The lowest BCUT2D eigenvalue weighted by Gasteiger charge is -2.00. The van der Waals surface area contributed by atoms with E-state index in [1.165, 1.54) is 0 Å². The highest BCUT2D eigenvalue weighted by atomic mass is 32.2. The number of unbranched alkanes of at least 4 members (excludes halogenated alkanes) is 4. The molecule has 0 bridgehead atoms. The van der Waals surface area contributed by atoms with Crippen LogP contribution in [0.3, 0.4) is 0 Å². The van der Waals surface area contributed by atoms with Crippen LogP contribution < -0.4 is 0 Å². The zero-order valence-corrected chi connectivity index (χ0v) is 10.8. The van der Waals surface area contributed by atoms with Crippen LogP contribution >= 0.6 is 11.8 Å². The molecule has 0 amide bonds. The van der Waals surface area contributed by atoms with Crippen molar-refractivity contribution < 1.29 is 9.85 Å². The van der Waals surface area contributed by atoms with Gasteiger partial charge in [-0.2, -0.15) is 11.8 Å². The van der Waals surface area contributed by atoms with Crippen molar-refractivity contribution in [2.75, 3.05) is 24.6 Å². The predicted molar refractivity (Wildman–Crippen MR) is 68.7 cm³/mol. The molecule has 0 unspecified atom stereocenters. The molecule has 0 aliphatic heterocycles. The number of hydrogen-bond donors (Lipinski definition) is 0. The van der Waals surface area contributed by atoms with Gasteiger partial charge in [0.15, 0.2) is 0 Å². The van der Waals surface area contributed by atoms with E-state index in [1.54, 1.807) is 0 Å². The maximum absolute atomic E-state index is 10.0. The van der Waals surface area contributed by atoms with E-state index in [-0.39, 0.29) is 22.9 Å². The topological polar surface area (TPSA) is 86.3 Å². The van der Waals surface area contributed by atoms with E-state index < -0.39 is 0 Å². The van der Waals surface area contributed by atoms with E-state index in [0.717, 1.165) is 37.2 Å². The monoisotopic (exact) mass is 264 g/mol. The lowest BCUT2D eigenvalue weighted by atomic mass is 10.2. The SMILES string of the molecule is O=[N+]([O-])CCCCCSCCCCC[N+](=O)[O-]. The standard InChI is InChI=1S/C10H20N2O4S/c13-11(14)7-3-1-5-9-17-10-6-2-4-8-12(15)16/h1-10H2. The molecule has 100 valence electrons. The minimum absolute atomic E-state index is 0.0750. The van der Waals surface area contributed by atoms with Gasteiger partial charge in [-0.3, -0.25) is 20.2 Å². The molecule has 17 heavy (non-hydrogen) atoms. The van der Waals surface area contributed by atoms with Crippen LogP contribution in [0.1, 0.15) is 38.5 Å². The van der Waals surface area contributed by atoms with E-state index in [2.05, 4.69) is 0 Å². The van der Waals surface area contributed by atoms with Crippen LogP contribution in [0, 0.1) is 20.2 Å². The Kier molecular flexibility index (Phi) is 11.0. The summed E-state index contributed by atoms with van der Waals surface area (Å²) < 4.78 is 0. The van der Waals surface area contributed by atoms with Crippen molar-refractivity contribution in [2.24, 2.45) is 0 Å². The van der Waals surface area contributed by atoms with E-state index >= 15 is 0 Å². The van der Waals surface area contributed by atoms with Crippen molar-refractivity contribution >= 4 is 11.8 Å². The molecule has 0 aromatic rings. The molecular formula is C10H20N2O4S. The molecule has 0 spiro atoms. The second-order valence-corrected chi connectivity index (χ2v) is 5.07. The van der Waals surface area contributed by atoms with Gasteiger partial charge in [-0.05, 0) is 37.2 Å². The van der Waals surface area contributed by atoms with Crippen molar-refractivity contribution in [2.45, 2.75) is 38.5 Å². The Labute approximate surface area is 105 Å². The van der Waals surface area contributed by atoms with Crippen LogP contribution in [0.15, 0.2) is 0 Å². The molecule has 0 N–H and O–H groups in total. The third kappa shape index (κ3) is 15.1. The minimum atomic E-state index is -0.275. The predicted octanol–water partition coefficient (Wildman–Crippen LogP) is 2.61. The van der Waals surface area contributed by atoms with E-state index in [0.29, 0.717) is 12.8 Å². The number of hydrogen-bond acceptors (Lipinski definition) is 5. The molecule has 0 heterocycles. The highest BCUT2D eigenvalue weighted by Crippen LogP contribution is 2.09. The molecule has 0 saturated heterocycles. The van der Waals surface area contributed by atoms with Gasteiger partial charge < -0.3 is 0 Å². The molecule has 0 fully saturated rings. The zero-order chi connectivity index (χ0) is 12.9. The zero-order valence-electron chi connectivity index (χ0n) is 10.0. The Bertz CT molecular complexity index is 204. The second kappa shape index (κ2) is 11.6. The maximum atomic E-state index is 10.0. The van der Waals surface area contributed by atoms with Gasteiger partial charge in [-0.1, -0.05) is 0 Å². The summed E-state index contributed by atoms with van der Waals surface area (Å²) in [6.07, 6.45) is 5.19. The van der Waals surface area contributed by atoms with Gasteiger partial charge >= 0.3 is 0 Å². The molecule has 0 aromatic heterocycles. The third-order valence-electron chi connectivity index (χ3n) is 2.26. The number of nitro groups is 2. The molecule has 0 saturated carbocycles. The van der Waals surface area contributed by atoms with Gasteiger partial charge in [0.1, 0.15) is 0 Å². The van der Waals surface area contributed by atoms with E-state index in [9.17, 15) is 20.2 Å². The van der Waals surface area contributed by atoms with Gasteiger partial charge in [-0.15, -0.1) is 0 Å². The molecule has 0 aliphatic rings. The largest absolute Gasteiger partial charge is 0.265 e. The van der Waals surface area contributed by atoms with Crippen molar-refractivity contribution in [3.05, 3.63) is 20.2 Å². The smallest absolute Gasteiger partial charge is 0.203 e. The van der Waals surface area contributed by atoms with Gasteiger partial charge in [-0.25, -0.2) is 0 Å². The molecule has 0 rings (SSSR count). The van der Waals surface area contributed by atoms with Crippen LogP contribution in [0.2, 0.25) is 0 Å². The van der Waals surface area contributed by atoms with Crippen LogP contribution in [0.5, 0.6) is 0 Å². The molecule has 0 aliphatic carbocycles. The average Bonchev–Trinajstić information content (AvgIpc) is 2.25. The van der Waals surface area contributed by atoms with Crippen LogP contribution in [0.25, 0.3) is 0 Å². The van der Waals surface area contributed by atoms with E-state index in [1.807, 2.05) is 11.8 Å². The number of thioether (sulfide) groups is 1. The summed E-state index contributed by atoms with van der Waals surface area (Å²) in [4.78, 5) is 19.5. The van der Waals surface area contributed by atoms with E-state index in [4.69, 9.17) is 0 Å². The van der Waals surface area contributed by atoms with Crippen molar-refractivity contribution in [3.8, 4) is 0 Å². The van der Waals surface area contributed by atoms with Gasteiger partial charge in [0.05, 0.1) is 0 Å². The van der Waals surface area contributed by atoms with Crippen molar-refractivity contribution in [3.63, 3.8) is 0 Å². The van der Waals surface area contributed by atoms with Gasteiger partial charge in [0.2, 0.25) is 13.1 Å². The summed E-state index contributed by atoms with van der Waals surface area (Å²) in [5, 5.41) is 20.1. The summed E-state index contributed by atoms with van der Waals surface area (Å²) >= 11 is 1.83. The Morgan fingerprint density at radius 1 is 0.706 bits per heavy atom. The first kappa shape index (κ1) is 16.1. The quantitative estimate of drug-likeness (QED) is 0.307. The summed E-state index contributed by atoms with van der Waals surface area (Å²) in [5.41, 5.74) is 0. The summed E-state index contributed by atoms with van der Waals surface area (Å²) in [7, 11) is 0. The van der Waals surface area contributed by atoms with Crippen LogP contribution in [-0.4, -0.2) is 34.4 Å². The molecular weight excluding hydrogens is 244 g/mol. The Morgan fingerprint density at radius 2 is 1.12 bits per heavy atom. The molecule has 0 aromatic carbocycles. The molecule has 6 nitrogen and oxygen atoms in total. The molecule has 7 heteroatoms. The first-order valence-electron chi connectivity index (χ1n) is 5.94. The normalized spacial score (nSPS) is 10.4. The second-order valence-electron chi connectivity index (χ2n) is 3.85. The molecule has 0 radical (unpaired) electrons. The fraction of sp³-hybridized carbons (Fsp3) is 1.00. The summed E-state index contributed by atoms with van der Waals surface area (Å²) in [6.45, 7) is 0.150. The van der Waals surface area contributed by atoms with Gasteiger partial charge in [0.25, 0.3) is 0 Å². The first-order chi connectivity index (χ1) is 8.13. The van der Waals surface area contributed by atoms with Crippen LogP contribution in [-0.2, 0) is 0 Å². The van der Waals surface area contributed by atoms with Gasteiger partial charge in [0, 0.05) is 22.7 Å². The average molecular weight is 264 g/mol. The fourth-order valence-electron chi connectivity index (χ4n) is 1.35. The fourth-order valence-corrected chi connectivity index (χ4v) is 2.37. The van der Waals surface area contributed by atoms with Crippen molar-refractivity contribution in [1.29, 1.82) is 0 Å². The highest BCUT2D eigenvalue weighted by Gasteiger charge is 1.98. The summed E-state index contributed by atoms with van der Waals surface area (Å²) in [6, 6.07) is 0. The summed E-state index contributed by atoms with van der Waals surface area (Å²) in [5.74, 6) is 2.07. The highest BCUT2D eigenvalue weighted by molar-refractivity contribution is 7.99. The Morgan fingerprint density at radius 3 is 1.47 bits per heavy atom.